The molecule has 7 heteroatoms. The Morgan fingerprint density at radius 2 is 1.96 bits per heavy atom. The van der Waals surface area contributed by atoms with E-state index < -0.39 is 17.6 Å². The number of methoxy groups -OCH3 is 3. The van der Waals surface area contributed by atoms with Crippen LogP contribution in [-0.4, -0.2) is 43.9 Å². The molecular formula is C18H25NO6. The van der Waals surface area contributed by atoms with Crippen LogP contribution >= 0.6 is 0 Å². The van der Waals surface area contributed by atoms with Gasteiger partial charge in [-0.2, -0.15) is 0 Å². The topological polar surface area (TPSA) is 94.1 Å². The molecular weight excluding hydrogens is 326 g/mol. The fourth-order valence-corrected chi connectivity index (χ4v) is 3.08. The number of benzene rings is 1. The molecule has 2 rings (SSSR count). The summed E-state index contributed by atoms with van der Waals surface area (Å²) < 4.78 is 16.0. The minimum Gasteiger partial charge on any atom is -0.497 e. The molecule has 138 valence electrons. The number of hydrogen-bond acceptors (Lipinski definition) is 5. The number of carboxylic acids is 1. The minimum atomic E-state index is -1.01. The lowest BCUT2D eigenvalue weighted by molar-refractivity contribution is -0.138. The van der Waals surface area contributed by atoms with E-state index in [1.54, 1.807) is 25.3 Å². The summed E-state index contributed by atoms with van der Waals surface area (Å²) in [5, 5.41) is 12.0. The van der Waals surface area contributed by atoms with Crippen LogP contribution in [0.1, 0.15) is 43.7 Å². The predicted molar refractivity (Wildman–Crippen MR) is 90.9 cm³/mol. The molecule has 1 fully saturated rings. The Labute approximate surface area is 147 Å². The fraction of sp³-hybridized carbons (Fsp3) is 0.556. The van der Waals surface area contributed by atoms with Gasteiger partial charge < -0.3 is 24.6 Å². The monoisotopic (exact) mass is 351 g/mol. The molecule has 1 aliphatic rings. The van der Waals surface area contributed by atoms with Crippen molar-refractivity contribution in [3.8, 4) is 11.5 Å². The number of ether oxygens (including phenoxy) is 3. The van der Waals surface area contributed by atoms with Crippen molar-refractivity contribution in [2.45, 2.75) is 43.7 Å². The molecule has 2 N–H and O–H groups in total. The largest absolute Gasteiger partial charge is 0.497 e. The summed E-state index contributed by atoms with van der Waals surface area (Å²) in [6.07, 6.45) is 2.69. The van der Waals surface area contributed by atoms with Crippen LogP contribution < -0.4 is 14.8 Å². The number of hydrogen-bond donors (Lipinski definition) is 2. The van der Waals surface area contributed by atoms with Crippen LogP contribution in [0.3, 0.4) is 0 Å². The van der Waals surface area contributed by atoms with Gasteiger partial charge in [-0.1, -0.05) is 0 Å². The summed E-state index contributed by atoms with van der Waals surface area (Å²) in [5.41, 5.74) is 0.182. The highest BCUT2D eigenvalue weighted by Crippen LogP contribution is 2.38. The summed E-state index contributed by atoms with van der Waals surface area (Å²) in [5.74, 6) is -0.177. The van der Waals surface area contributed by atoms with E-state index in [2.05, 4.69) is 5.32 Å². The normalized spacial score (nSPS) is 16.4. The van der Waals surface area contributed by atoms with E-state index >= 15 is 0 Å². The molecule has 1 aliphatic carbocycles. The highest BCUT2D eigenvalue weighted by atomic mass is 16.5. The van der Waals surface area contributed by atoms with Crippen molar-refractivity contribution in [3.63, 3.8) is 0 Å². The number of aliphatic carboxylic acids is 1. The summed E-state index contributed by atoms with van der Waals surface area (Å²) >= 11 is 0. The van der Waals surface area contributed by atoms with Gasteiger partial charge in [0, 0.05) is 18.7 Å². The van der Waals surface area contributed by atoms with Crippen molar-refractivity contribution in [2.24, 2.45) is 0 Å². The van der Waals surface area contributed by atoms with Crippen molar-refractivity contribution < 1.29 is 28.9 Å². The molecule has 1 amide bonds. The highest BCUT2D eigenvalue weighted by Gasteiger charge is 2.39. The van der Waals surface area contributed by atoms with E-state index in [9.17, 15) is 14.7 Å². The van der Waals surface area contributed by atoms with Gasteiger partial charge in [-0.15, -0.1) is 0 Å². The van der Waals surface area contributed by atoms with E-state index in [1.807, 2.05) is 0 Å². The zero-order valence-corrected chi connectivity index (χ0v) is 14.8. The molecule has 1 aromatic rings. The fourth-order valence-electron chi connectivity index (χ4n) is 3.08. The first kappa shape index (κ1) is 19.1. The smallest absolute Gasteiger partial charge is 0.305 e. The molecule has 1 saturated carbocycles. The van der Waals surface area contributed by atoms with Crippen molar-refractivity contribution in [1.29, 1.82) is 0 Å². The van der Waals surface area contributed by atoms with Gasteiger partial charge in [0.2, 0.25) is 5.91 Å². The van der Waals surface area contributed by atoms with E-state index in [1.165, 1.54) is 14.2 Å². The molecule has 1 aromatic carbocycles. The average Bonchev–Trinajstić information content (AvgIpc) is 2.56. The third-order valence-corrected chi connectivity index (χ3v) is 4.71. The Morgan fingerprint density at radius 3 is 2.44 bits per heavy atom. The summed E-state index contributed by atoms with van der Waals surface area (Å²) in [7, 11) is 4.63. The first-order valence-corrected chi connectivity index (χ1v) is 8.21. The summed E-state index contributed by atoms with van der Waals surface area (Å²) in [6.45, 7) is 0. The molecule has 0 saturated heterocycles. The third-order valence-electron chi connectivity index (χ3n) is 4.71. The van der Waals surface area contributed by atoms with E-state index in [4.69, 9.17) is 14.2 Å². The van der Waals surface area contributed by atoms with E-state index in [0.29, 0.717) is 17.1 Å². The average molecular weight is 351 g/mol. The molecule has 0 heterocycles. The van der Waals surface area contributed by atoms with Crippen molar-refractivity contribution in [2.75, 3.05) is 21.3 Å². The minimum absolute atomic E-state index is 0.220. The quantitative estimate of drug-likeness (QED) is 0.709. The standard InChI is InChI=1S/C18H25NO6/c1-23-12-5-6-13(15(9-12)24-2)14(10-17(21)22)19-16(20)11-18(25-3)7-4-8-18/h5-6,9,14H,4,7-8,10-11H2,1-3H3,(H,19,20)(H,21,22). The zero-order chi connectivity index (χ0) is 18.4. The lowest BCUT2D eigenvalue weighted by Gasteiger charge is -2.40. The van der Waals surface area contributed by atoms with E-state index in [-0.39, 0.29) is 18.7 Å². The molecule has 7 nitrogen and oxygen atoms in total. The Kier molecular flexibility index (Phi) is 6.25. The third kappa shape index (κ3) is 4.63. The SMILES string of the molecule is COc1ccc(C(CC(=O)O)NC(=O)CC2(OC)CCC2)c(OC)c1. The number of rotatable bonds is 9. The van der Waals surface area contributed by atoms with Gasteiger partial charge in [0.1, 0.15) is 11.5 Å². The number of amides is 1. The van der Waals surface area contributed by atoms with Crippen LogP contribution in [0.2, 0.25) is 0 Å². The van der Waals surface area contributed by atoms with Crippen molar-refractivity contribution in [3.05, 3.63) is 23.8 Å². The van der Waals surface area contributed by atoms with Crippen molar-refractivity contribution in [1.82, 2.24) is 5.32 Å². The summed E-state index contributed by atoms with van der Waals surface area (Å²) in [4.78, 5) is 23.7. The Morgan fingerprint density at radius 1 is 1.24 bits per heavy atom. The van der Waals surface area contributed by atoms with Crippen LogP contribution in [0, 0.1) is 0 Å². The van der Waals surface area contributed by atoms with Crippen LogP contribution in [0.5, 0.6) is 11.5 Å². The van der Waals surface area contributed by atoms with Crippen LogP contribution in [0.15, 0.2) is 18.2 Å². The zero-order valence-electron chi connectivity index (χ0n) is 14.8. The maximum absolute atomic E-state index is 12.4. The maximum Gasteiger partial charge on any atom is 0.305 e. The van der Waals surface area contributed by atoms with E-state index in [0.717, 1.165) is 19.3 Å². The maximum atomic E-state index is 12.4. The Hall–Kier alpha value is -2.28. The first-order valence-electron chi connectivity index (χ1n) is 8.21. The Balaban J connectivity index is 2.18. The van der Waals surface area contributed by atoms with Crippen LogP contribution in [0.4, 0.5) is 0 Å². The number of carbonyl (C=O) groups is 2. The van der Waals surface area contributed by atoms with Gasteiger partial charge in [-0.3, -0.25) is 9.59 Å². The van der Waals surface area contributed by atoms with Gasteiger partial charge in [-0.25, -0.2) is 0 Å². The van der Waals surface area contributed by atoms with Crippen LogP contribution in [0.25, 0.3) is 0 Å². The lowest BCUT2D eigenvalue weighted by atomic mass is 9.77. The second-order valence-electron chi connectivity index (χ2n) is 6.24. The second kappa shape index (κ2) is 8.20. The number of nitrogens with one attached hydrogen (secondary N) is 1. The number of carboxylic acid groups (broad SMARTS) is 1. The van der Waals surface area contributed by atoms with Gasteiger partial charge in [0.15, 0.2) is 0 Å². The molecule has 25 heavy (non-hydrogen) atoms. The van der Waals surface area contributed by atoms with Crippen LogP contribution in [-0.2, 0) is 14.3 Å². The number of carbonyl (C=O) groups excluding carboxylic acids is 1. The molecule has 0 aromatic heterocycles. The first-order chi connectivity index (χ1) is 11.9. The summed E-state index contributed by atoms with van der Waals surface area (Å²) in [6, 6.07) is 4.39. The predicted octanol–water partition coefficient (Wildman–Crippen LogP) is 2.29. The van der Waals surface area contributed by atoms with Gasteiger partial charge in [-0.05, 0) is 31.4 Å². The van der Waals surface area contributed by atoms with Gasteiger partial charge in [0.05, 0.1) is 38.7 Å². The molecule has 0 spiro atoms. The molecule has 0 aliphatic heterocycles. The molecule has 1 unspecified atom stereocenters. The molecule has 0 radical (unpaired) electrons. The molecule has 1 atom stereocenters. The lowest BCUT2D eigenvalue weighted by Crippen LogP contribution is -2.44. The Bertz CT molecular complexity index is 620. The molecule has 0 bridgehead atoms. The van der Waals surface area contributed by atoms with Gasteiger partial charge >= 0.3 is 5.97 Å². The van der Waals surface area contributed by atoms with Gasteiger partial charge in [0.25, 0.3) is 0 Å². The highest BCUT2D eigenvalue weighted by molar-refractivity contribution is 5.79. The second-order valence-corrected chi connectivity index (χ2v) is 6.24. The van der Waals surface area contributed by atoms with Crippen molar-refractivity contribution >= 4 is 11.9 Å².